The molecule has 0 aromatic heterocycles. The summed E-state index contributed by atoms with van der Waals surface area (Å²) in [5, 5.41) is 3.76. The first-order valence-corrected chi connectivity index (χ1v) is 7.79. The quantitative estimate of drug-likeness (QED) is 0.835. The fourth-order valence-electron chi connectivity index (χ4n) is 3.56. The Labute approximate surface area is 129 Å². The van der Waals surface area contributed by atoms with Crippen molar-refractivity contribution < 1.29 is 4.79 Å². The van der Waals surface area contributed by atoms with E-state index in [2.05, 4.69) is 23.5 Å². The molecular weight excluding hydrogens is 282 g/mol. The van der Waals surface area contributed by atoms with Crippen LogP contribution < -0.4 is 5.32 Å². The highest BCUT2D eigenvalue weighted by atomic mass is 35.5. The number of hydrogen-bond donors (Lipinski definition) is 1. The van der Waals surface area contributed by atoms with Crippen molar-refractivity contribution in [2.24, 2.45) is 0 Å². The SMILES string of the molecule is O=C1C[C@@H](c2cccc(Cl)c2)c2cc3c(cc2N1)CCC3. The van der Waals surface area contributed by atoms with Gasteiger partial charge in [-0.3, -0.25) is 4.79 Å². The van der Waals surface area contributed by atoms with Crippen LogP contribution in [0, 0.1) is 0 Å². The Morgan fingerprint density at radius 2 is 1.90 bits per heavy atom. The first-order chi connectivity index (χ1) is 10.2. The molecule has 0 unspecified atom stereocenters. The van der Waals surface area contributed by atoms with Gasteiger partial charge in [0.05, 0.1) is 0 Å². The Kier molecular flexibility index (Phi) is 3.00. The van der Waals surface area contributed by atoms with Crippen LogP contribution in [0.1, 0.15) is 41.0 Å². The lowest BCUT2D eigenvalue weighted by atomic mass is 9.83. The number of nitrogens with one attached hydrogen (secondary N) is 1. The van der Waals surface area contributed by atoms with E-state index in [4.69, 9.17) is 11.6 Å². The predicted molar refractivity (Wildman–Crippen MR) is 85.0 cm³/mol. The van der Waals surface area contributed by atoms with Crippen molar-refractivity contribution in [2.45, 2.75) is 31.6 Å². The molecule has 0 radical (unpaired) electrons. The zero-order valence-corrected chi connectivity index (χ0v) is 12.4. The van der Waals surface area contributed by atoms with Crippen LogP contribution in [-0.2, 0) is 17.6 Å². The molecule has 4 rings (SSSR count). The monoisotopic (exact) mass is 297 g/mol. The number of fused-ring (bicyclic) bond motifs is 2. The maximum absolute atomic E-state index is 12.1. The molecule has 1 heterocycles. The molecular formula is C18H16ClNO. The molecule has 1 N–H and O–H groups in total. The summed E-state index contributed by atoms with van der Waals surface area (Å²) in [5.41, 5.74) is 6.17. The largest absolute Gasteiger partial charge is 0.326 e. The van der Waals surface area contributed by atoms with Crippen LogP contribution in [0.4, 0.5) is 5.69 Å². The van der Waals surface area contributed by atoms with Crippen LogP contribution in [0.5, 0.6) is 0 Å². The minimum absolute atomic E-state index is 0.0884. The average molecular weight is 298 g/mol. The third-order valence-electron chi connectivity index (χ3n) is 4.55. The van der Waals surface area contributed by atoms with E-state index in [0.717, 1.165) is 29.1 Å². The van der Waals surface area contributed by atoms with E-state index in [1.165, 1.54) is 23.1 Å². The van der Waals surface area contributed by atoms with E-state index in [1.807, 2.05) is 18.2 Å². The number of carbonyl (C=O) groups excluding carboxylic acids is 1. The predicted octanol–water partition coefficient (Wildman–Crippen LogP) is 4.30. The van der Waals surface area contributed by atoms with Gasteiger partial charge in [0.25, 0.3) is 0 Å². The van der Waals surface area contributed by atoms with Gasteiger partial charge in [-0.05, 0) is 59.7 Å². The normalized spacial score (nSPS) is 19.9. The fourth-order valence-corrected chi connectivity index (χ4v) is 3.76. The van der Waals surface area contributed by atoms with Crippen molar-refractivity contribution in [3.63, 3.8) is 0 Å². The Morgan fingerprint density at radius 1 is 1.10 bits per heavy atom. The van der Waals surface area contributed by atoms with Gasteiger partial charge in [0.15, 0.2) is 0 Å². The number of amides is 1. The summed E-state index contributed by atoms with van der Waals surface area (Å²) in [6, 6.07) is 12.3. The van der Waals surface area contributed by atoms with Crippen molar-refractivity contribution in [2.75, 3.05) is 5.32 Å². The first kappa shape index (κ1) is 12.9. The maximum Gasteiger partial charge on any atom is 0.225 e. The number of halogens is 1. The van der Waals surface area contributed by atoms with Crippen molar-refractivity contribution in [3.05, 3.63) is 63.7 Å². The fraction of sp³-hybridized carbons (Fsp3) is 0.278. The Balaban J connectivity index is 1.85. The molecule has 1 aliphatic carbocycles. The number of benzene rings is 2. The average Bonchev–Trinajstić information content (AvgIpc) is 2.91. The van der Waals surface area contributed by atoms with Crippen LogP contribution in [0.25, 0.3) is 0 Å². The molecule has 2 aliphatic rings. The number of carbonyl (C=O) groups is 1. The van der Waals surface area contributed by atoms with Gasteiger partial charge < -0.3 is 5.32 Å². The Morgan fingerprint density at radius 3 is 2.71 bits per heavy atom. The second kappa shape index (κ2) is 4.88. The molecule has 3 heteroatoms. The Hall–Kier alpha value is -1.80. The maximum atomic E-state index is 12.1. The van der Waals surface area contributed by atoms with Gasteiger partial charge >= 0.3 is 0 Å². The van der Waals surface area contributed by atoms with Gasteiger partial charge in [-0.15, -0.1) is 0 Å². The molecule has 2 aromatic rings. The molecule has 106 valence electrons. The second-order valence-electron chi connectivity index (χ2n) is 5.92. The van der Waals surface area contributed by atoms with Gasteiger partial charge in [-0.2, -0.15) is 0 Å². The summed E-state index contributed by atoms with van der Waals surface area (Å²) in [5.74, 6) is 0.198. The van der Waals surface area contributed by atoms with E-state index in [1.54, 1.807) is 0 Å². The van der Waals surface area contributed by atoms with Crippen LogP contribution in [0.15, 0.2) is 36.4 Å². The zero-order valence-electron chi connectivity index (χ0n) is 11.7. The number of aryl methyl sites for hydroxylation is 2. The summed E-state index contributed by atoms with van der Waals surface area (Å²) in [6.07, 6.45) is 3.99. The lowest BCUT2D eigenvalue weighted by Crippen LogP contribution is -2.23. The molecule has 2 aromatic carbocycles. The van der Waals surface area contributed by atoms with Crippen LogP contribution in [0.3, 0.4) is 0 Å². The molecule has 1 atom stereocenters. The molecule has 1 amide bonds. The van der Waals surface area contributed by atoms with E-state index in [-0.39, 0.29) is 11.8 Å². The van der Waals surface area contributed by atoms with Crippen molar-refractivity contribution in [1.82, 2.24) is 0 Å². The van der Waals surface area contributed by atoms with Crippen molar-refractivity contribution in [3.8, 4) is 0 Å². The van der Waals surface area contributed by atoms with E-state index in [0.29, 0.717) is 6.42 Å². The minimum Gasteiger partial charge on any atom is -0.326 e. The molecule has 1 aliphatic heterocycles. The number of anilines is 1. The first-order valence-electron chi connectivity index (χ1n) is 7.42. The molecule has 0 fully saturated rings. The molecule has 0 saturated carbocycles. The summed E-state index contributed by atoms with van der Waals surface area (Å²) in [6.45, 7) is 0. The topological polar surface area (TPSA) is 29.1 Å². The van der Waals surface area contributed by atoms with E-state index < -0.39 is 0 Å². The minimum atomic E-state index is 0.0884. The van der Waals surface area contributed by atoms with Crippen LogP contribution in [-0.4, -0.2) is 5.91 Å². The zero-order chi connectivity index (χ0) is 14.4. The lowest BCUT2D eigenvalue weighted by molar-refractivity contribution is -0.116. The number of hydrogen-bond acceptors (Lipinski definition) is 1. The van der Waals surface area contributed by atoms with Gasteiger partial charge in [-0.1, -0.05) is 29.8 Å². The molecule has 0 spiro atoms. The van der Waals surface area contributed by atoms with E-state index in [9.17, 15) is 4.79 Å². The van der Waals surface area contributed by atoms with Gasteiger partial charge in [0.1, 0.15) is 0 Å². The summed E-state index contributed by atoms with van der Waals surface area (Å²) in [7, 11) is 0. The second-order valence-corrected chi connectivity index (χ2v) is 6.36. The third-order valence-corrected chi connectivity index (χ3v) is 4.79. The van der Waals surface area contributed by atoms with E-state index >= 15 is 0 Å². The highest BCUT2D eigenvalue weighted by Gasteiger charge is 2.28. The van der Waals surface area contributed by atoms with Gasteiger partial charge in [0, 0.05) is 23.0 Å². The summed E-state index contributed by atoms with van der Waals surface area (Å²) < 4.78 is 0. The van der Waals surface area contributed by atoms with Crippen LogP contribution >= 0.6 is 11.6 Å². The van der Waals surface area contributed by atoms with Gasteiger partial charge in [-0.25, -0.2) is 0 Å². The Bertz CT molecular complexity index is 738. The molecule has 21 heavy (non-hydrogen) atoms. The highest BCUT2D eigenvalue weighted by Crippen LogP contribution is 2.40. The molecule has 0 saturated heterocycles. The van der Waals surface area contributed by atoms with Crippen LogP contribution in [0.2, 0.25) is 5.02 Å². The smallest absolute Gasteiger partial charge is 0.225 e. The molecule has 0 bridgehead atoms. The van der Waals surface area contributed by atoms with Crippen molar-refractivity contribution in [1.29, 1.82) is 0 Å². The van der Waals surface area contributed by atoms with Crippen molar-refractivity contribution >= 4 is 23.2 Å². The standard InChI is InChI=1S/C18H16ClNO/c19-14-6-2-5-13(7-14)15-10-18(21)20-17-9-12-4-1-3-11(12)8-16(15)17/h2,5-9,15H,1,3-4,10H2,(H,20,21)/t15-/m0/s1. The highest BCUT2D eigenvalue weighted by molar-refractivity contribution is 6.30. The molecule has 2 nitrogen and oxygen atoms in total. The van der Waals surface area contributed by atoms with Gasteiger partial charge in [0.2, 0.25) is 5.91 Å². The summed E-state index contributed by atoms with van der Waals surface area (Å²) in [4.78, 5) is 12.1. The number of rotatable bonds is 1. The summed E-state index contributed by atoms with van der Waals surface area (Å²) >= 11 is 6.12. The third kappa shape index (κ3) is 2.24. The lowest BCUT2D eigenvalue weighted by Gasteiger charge is -2.27.